The number of benzene rings is 2. The average Bonchev–Trinajstić information content (AvgIpc) is 3.23. The number of imide groups is 1. The first-order valence-electron chi connectivity index (χ1n) is 9.51. The number of quaternary nitrogens is 1. The van der Waals surface area contributed by atoms with Crippen molar-refractivity contribution in [1.82, 2.24) is 4.98 Å². The van der Waals surface area contributed by atoms with Crippen LogP contribution in [0.5, 0.6) is 0 Å². The van der Waals surface area contributed by atoms with Crippen LogP contribution < -0.4 is 10.2 Å². The zero-order valence-electron chi connectivity index (χ0n) is 15.4. The lowest BCUT2D eigenvalue weighted by Gasteiger charge is -2.14. The molecule has 1 fully saturated rings. The monoisotopic (exact) mass is 362 g/mol. The van der Waals surface area contributed by atoms with Gasteiger partial charge in [0.05, 0.1) is 18.7 Å². The molecule has 0 spiro atoms. The maximum atomic E-state index is 12.7. The molecule has 1 aliphatic heterocycles. The molecule has 2 heterocycles. The van der Waals surface area contributed by atoms with Gasteiger partial charge in [-0.15, -0.1) is 0 Å². The number of anilines is 1. The van der Waals surface area contributed by atoms with Crippen LogP contribution in [-0.4, -0.2) is 29.4 Å². The van der Waals surface area contributed by atoms with E-state index in [0.717, 1.165) is 24.9 Å². The molecule has 3 aromatic rings. The van der Waals surface area contributed by atoms with Crippen molar-refractivity contribution in [3.63, 3.8) is 0 Å². The first-order valence-corrected chi connectivity index (χ1v) is 9.51. The lowest BCUT2D eigenvalue weighted by molar-refractivity contribution is -0.674. The Morgan fingerprint density at radius 1 is 1.11 bits per heavy atom. The Morgan fingerprint density at radius 3 is 2.67 bits per heavy atom. The van der Waals surface area contributed by atoms with Crippen LogP contribution in [-0.2, 0) is 22.4 Å². The molecule has 2 aromatic carbocycles. The zero-order chi connectivity index (χ0) is 18.8. The van der Waals surface area contributed by atoms with Crippen molar-refractivity contribution in [2.24, 2.45) is 0 Å². The summed E-state index contributed by atoms with van der Waals surface area (Å²) in [5.74, 6) is -0.222. The van der Waals surface area contributed by atoms with Crippen LogP contribution in [0.4, 0.5) is 5.69 Å². The number of carbonyl (C=O) groups is 2. The topological polar surface area (TPSA) is 69.8 Å². The number of nitrogens with one attached hydrogen (secondary N) is 1. The maximum absolute atomic E-state index is 12.7. The highest BCUT2D eigenvalue weighted by Crippen LogP contribution is 2.22. The first kappa shape index (κ1) is 17.5. The number of H-pyrrole nitrogens is 1. The van der Waals surface area contributed by atoms with Crippen LogP contribution in [0, 0.1) is 0 Å². The number of rotatable bonds is 6. The van der Waals surface area contributed by atoms with Gasteiger partial charge < -0.3 is 10.3 Å². The van der Waals surface area contributed by atoms with Gasteiger partial charge in [-0.05, 0) is 35.7 Å². The summed E-state index contributed by atoms with van der Waals surface area (Å²) in [6.07, 6.45) is 4.09. The predicted molar refractivity (Wildman–Crippen MR) is 106 cm³/mol. The molecule has 1 atom stereocenters. The fraction of sp³-hybridized carbons (Fsp3) is 0.273. The minimum atomic E-state index is -0.325. The van der Waals surface area contributed by atoms with Crippen molar-refractivity contribution in [2.45, 2.75) is 32.2 Å². The molecule has 5 heteroatoms. The highest BCUT2D eigenvalue weighted by atomic mass is 16.2. The summed E-state index contributed by atoms with van der Waals surface area (Å²) < 4.78 is 0. The summed E-state index contributed by atoms with van der Waals surface area (Å²) in [5.41, 5.74) is 4.24. The average molecular weight is 362 g/mol. The SMILES string of the molecule is CCc1ccc(N2C(=O)C[C@@H]([NH2+]CCc3c[nH]c4ccccc34)C2=O)cc1. The number of aryl methyl sites for hydroxylation is 1. The number of aromatic amines is 1. The van der Waals surface area contributed by atoms with Gasteiger partial charge in [0.1, 0.15) is 0 Å². The zero-order valence-corrected chi connectivity index (χ0v) is 15.4. The number of carbonyl (C=O) groups excluding carboxylic acids is 2. The van der Waals surface area contributed by atoms with Crippen LogP contribution in [0.2, 0.25) is 0 Å². The predicted octanol–water partition coefficient (Wildman–Crippen LogP) is 2.17. The van der Waals surface area contributed by atoms with Crippen molar-refractivity contribution >= 4 is 28.4 Å². The molecule has 0 aliphatic carbocycles. The Bertz CT molecular complexity index is 975. The molecular formula is C22H24N3O2+. The second-order valence-corrected chi connectivity index (χ2v) is 7.03. The van der Waals surface area contributed by atoms with E-state index in [-0.39, 0.29) is 24.3 Å². The van der Waals surface area contributed by atoms with Crippen molar-refractivity contribution in [2.75, 3.05) is 11.4 Å². The molecule has 3 N–H and O–H groups in total. The number of nitrogens with zero attached hydrogens (tertiary/aromatic N) is 1. The quantitative estimate of drug-likeness (QED) is 0.660. The number of para-hydroxylation sites is 1. The van der Waals surface area contributed by atoms with E-state index in [4.69, 9.17) is 0 Å². The van der Waals surface area contributed by atoms with Gasteiger partial charge >= 0.3 is 0 Å². The van der Waals surface area contributed by atoms with Crippen molar-refractivity contribution in [3.8, 4) is 0 Å². The fourth-order valence-electron chi connectivity index (χ4n) is 3.77. The first-order chi connectivity index (χ1) is 13.2. The van der Waals surface area contributed by atoms with Gasteiger partial charge in [0.15, 0.2) is 6.04 Å². The van der Waals surface area contributed by atoms with E-state index in [1.165, 1.54) is 21.4 Å². The minimum Gasteiger partial charge on any atom is -0.361 e. The van der Waals surface area contributed by atoms with E-state index in [9.17, 15) is 9.59 Å². The summed E-state index contributed by atoms with van der Waals surface area (Å²) in [6, 6.07) is 15.6. The smallest absolute Gasteiger partial charge is 0.292 e. The van der Waals surface area contributed by atoms with E-state index >= 15 is 0 Å². The van der Waals surface area contributed by atoms with E-state index in [1.807, 2.05) is 47.9 Å². The Hall–Kier alpha value is -2.92. The maximum Gasteiger partial charge on any atom is 0.292 e. The third-order valence-corrected chi connectivity index (χ3v) is 5.32. The van der Waals surface area contributed by atoms with Gasteiger partial charge in [-0.2, -0.15) is 0 Å². The molecule has 0 saturated carbocycles. The molecule has 1 aliphatic rings. The summed E-state index contributed by atoms with van der Waals surface area (Å²) in [5, 5.41) is 3.22. The van der Waals surface area contributed by atoms with Crippen LogP contribution >= 0.6 is 0 Å². The third kappa shape index (κ3) is 3.38. The highest BCUT2D eigenvalue weighted by molar-refractivity contribution is 6.21. The molecule has 0 radical (unpaired) electrons. The number of hydrogen-bond donors (Lipinski definition) is 2. The highest BCUT2D eigenvalue weighted by Gasteiger charge is 2.42. The summed E-state index contributed by atoms with van der Waals surface area (Å²) in [6.45, 7) is 2.86. The summed E-state index contributed by atoms with van der Waals surface area (Å²) in [7, 11) is 0. The van der Waals surface area contributed by atoms with Crippen molar-refractivity contribution in [1.29, 1.82) is 0 Å². The molecule has 138 valence electrons. The van der Waals surface area contributed by atoms with Crippen LogP contribution in [0.25, 0.3) is 10.9 Å². The summed E-state index contributed by atoms with van der Waals surface area (Å²) in [4.78, 5) is 29.8. The Balaban J connectivity index is 1.40. The molecule has 1 saturated heterocycles. The van der Waals surface area contributed by atoms with Gasteiger partial charge in [-0.3, -0.25) is 9.59 Å². The molecule has 1 aromatic heterocycles. The van der Waals surface area contributed by atoms with E-state index in [1.54, 1.807) is 0 Å². The van der Waals surface area contributed by atoms with Crippen LogP contribution in [0.15, 0.2) is 54.7 Å². The van der Waals surface area contributed by atoms with Gasteiger partial charge in [-0.1, -0.05) is 37.3 Å². The molecule has 0 unspecified atom stereocenters. The Labute approximate surface area is 158 Å². The second-order valence-electron chi connectivity index (χ2n) is 7.03. The van der Waals surface area contributed by atoms with Gasteiger partial charge in [-0.25, -0.2) is 4.90 Å². The summed E-state index contributed by atoms with van der Waals surface area (Å²) >= 11 is 0. The molecule has 4 rings (SSSR count). The van der Waals surface area contributed by atoms with Crippen molar-refractivity contribution in [3.05, 3.63) is 65.9 Å². The Morgan fingerprint density at radius 2 is 1.89 bits per heavy atom. The number of hydrogen-bond acceptors (Lipinski definition) is 2. The number of aromatic nitrogens is 1. The lowest BCUT2D eigenvalue weighted by Crippen LogP contribution is -2.92. The van der Waals surface area contributed by atoms with Crippen molar-refractivity contribution < 1.29 is 14.9 Å². The Kier molecular flexibility index (Phi) is 4.77. The van der Waals surface area contributed by atoms with Gasteiger partial charge in [0, 0.05) is 23.5 Å². The van der Waals surface area contributed by atoms with Crippen LogP contribution in [0.1, 0.15) is 24.5 Å². The normalized spacial score (nSPS) is 17.2. The van der Waals surface area contributed by atoms with E-state index in [0.29, 0.717) is 5.69 Å². The molecule has 5 nitrogen and oxygen atoms in total. The largest absolute Gasteiger partial charge is 0.361 e. The van der Waals surface area contributed by atoms with Gasteiger partial charge in [0.2, 0.25) is 5.91 Å². The van der Waals surface area contributed by atoms with Crippen LogP contribution in [0.3, 0.4) is 0 Å². The lowest BCUT2D eigenvalue weighted by atomic mass is 10.1. The number of fused-ring (bicyclic) bond motifs is 1. The molecule has 2 amide bonds. The second kappa shape index (κ2) is 7.37. The van der Waals surface area contributed by atoms with E-state index in [2.05, 4.69) is 24.0 Å². The number of amides is 2. The van der Waals surface area contributed by atoms with E-state index < -0.39 is 0 Å². The standard InChI is InChI=1S/C22H23N3O2/c1-2-15-7-9-17(10-8-15)25-21(26)13-20(22(25)27)23-12-11-16-14-24-19-6-4-3-5-18(16)19/h3-10,14,20,23-24H,2,11-13H2,1H3/p+1/t20-/m1/s1. The molecule has 27 heavy (non-hydrogen) atoms. The third-order valence-electron chi connectivity index (χ3n) is 5.32. The molecular weight excluding hydrogens is 338 g/mol. The number of nitrogens with two attached hydrogens (primary N) is 1. The minimum absolute atomic E-state index is 0.108. The fourth-order valence-corrected chi connectivity index (χ4v) is 3.77. The van der Waals surface area contributed by atoms with Gasteiger partial charge in [0.25, 0.3) is 5.91 Å². The molecule has 0 bridgehead atoms.